The molecule has 0 bridgehead atoms. The number of hydrogen-bond donors (Lipinski definition) is 1. The van der Waals surface area contributed by atoms with E-state index in [1.165, 1.54) is 4.90 Å². The van der Waals surface area contributed by atoms with Gasteiger partial charge in [0.15, 0.2) is 6.04 Å². The molecule has 1 heterocycles. The molecule has 0 aromatic rings. The number of ether oxygens (including phenoxy) is 1. The van der Waals surface area contributed by atoms with E-state index >= 15 is 0 Å². The SMILES string of the molecule is CCCCN(C)C(=O)N1CCOCC1C(=O)O. The zero-order valence-electron chi connectivity index (χ0n) is 10.4. The molecular formula is C11H20N2O4. The molecule has 1 atom stereocenters. The Kier molecular flexibility index (Phi) is 5.21. The third-order valence-corrected chi connectivity index (χ3v) is 2.83. The summed E-state index contributed by atoms with van der Waals surface area (Å²) in [7, 11) is 1.70. The molecule has 0 spiro atoms. The number of hydrogen-bond acceptors (Lipinski definition) is 3. The van der Waals surface area contributed by atoms with Crippen LogP contribution in [0.1, 0.15) is 19.8 Å². The number of carboxylic acids is 1. The van der Waals surface area contributed by atoms with Gasteiger partial charge in [-0.1, -0.05) is 13.3 Å². The van der Waals surface area contributed by atoms with Crippen LogP contribution in [-0.2, 0) is 9.53 Å². The van der Waals surface area contributed by atoms with E-state index in [0.717, 1.165) is 12.8 Å². The number of rotatable bonds is 4. The highest BCUT2D eigenvalue weighted by Crippen LogP contribution is 2.10. The van der Waals surface area contributed by atoms with E-state index in [2.05, 4.69) is 0 Å². The molecule has 0 aliphatic carbocycles. The van der Waals surface area contributed by atoms with Gasteiger partial charge < -0.3 is 19.6 Å². The molecule has 1 rings (SSSR count). The van der Waals surface area contributed by atoms with E-state index in [0.29, 0.717) is 19.7 Å². The first-order chi connectivity index (χ1) is 8.07. The van der Waals surface area contributed by atoms with Crippen molar-refractivity contribution in [3.8, 4) is 0 Å². The van der Waals surface area contributed by atoms with Crippen molar-refractivity contribution in [2.45, 2.75) is 25.8 Å². The molecule has 0 aromatic heterocycles. The topological polar surface area (TPSA) is 70.1 Å². The lowest BCUT2D eigenvalue weighted by atomic mass is 10.2. The van der Waals surface area contributed by atoms with Crippen molar-refractivity contribution >= 4 is 12.0 Å². The first-order valence-corrected chi connectivity index (χ1v) is 5.90. The third kappa shape index (κ3) is 3.59. The molecule has 0 saturated carbocycles. The molecule has 17 heavy (non-hydrogen) atoms. The second kappa shape index (κ2) is 6.44. The second-order valence-electron chi connectivity index (χ2n) is 4.18. The molecule has 98 valence electrons. The van der Waals surface area contributed by atoms with Gasteiger partial charge in [0.2, 0.25) is 0 Å². The van der Waals surface area contributed by atoms with E-state index in [9.17, 15) is 9.59 Å². The molecule has 6 nitrogen and oxygen atoms in total. The normalized spacial score (nSPS) is 20.1. The van der Waals surface area contributed by atoms with Crippen molar-refractivity contribution in [2.24, 2.45) is 0 Å². The first kappa shape index (κ1) is 13.8. The van der Waals surface area contributed by atoms with E-state index in [4.69, 9.17) is 9.84 Å². The summed E-state index contributed by atoms with van der Waals surface area (Å²) in [6, 6.07) is -1.09. The van der Waals surface area contributed by atoms with E-state index in [-0.39, 0.29) is 12.6 Å². The maximum atomic E-state index is 12.1. The van der Waals surface area contributed by atoms with Crippen LogP contribution in [-0.4, -0.2) is 66.3 Å². The zero-order valence-corrected chi connectivity index (χ0v) is 10.4. The van der Waals surface area contributed by atoms with Crippen molar-refractivity contribution in [2.75, 3.05) is 33.4 Å². The number of nitrogens with zero attached hydrogens (tertiary/aromatic N) is 2. The summed E-state index contributed by atoms with van der Waals surface area (Å²) in [6.07, 6.45) is 1.92. The Morgan fingerprint density at radius 2 is 2.24 bits per heavy atom. The van der Waals surface area contributed by atoms with Crippen molar-refractivity contribution in [1.29, 1.82) is 0 Å². The fourth-order valence-electron chi connectivity index (χ4n) is 1.75. The van der Waals surface area contributed by atoms with Gasteiger partial charge in [-0.05, 0) is 6.42 Å². The molecule has 1 saturated heterocycles. The molecule has 6 heteroatoms. The molecule has 0 radical (unpaired) electrons. The average molecular weight is 244 g/mol. The number of carbonyl (C=O) groups excluding carboxylic acids is 1. The minimum absolute atomic E-state index is 0.0721. The van der Waals surface area contributed by atoms with E-state index in [1.54, 1.807) is 11.9 Å². The summed E-state index contributed by atoms with van der Waals surface area (Å²) in [5.74, 6) is -1.01. The largest absolute Gasteiger partial charge is 0.480 e. The Balaban J connectivity index is 2.61. The second-order valence-corrected chi connectivity index (χ2v) is 4.18. The van der Waals surface area contributed by atoms with Crippen molar-refractivity contribution in [3.05, 3.63) is 0 Å². The van der Waals surface area contributed by atoms with Crippen LogP contribution in [0.15, 0.2) is 0 Å². The van der Waals surface area contributed by atoms with Gasteiger partial charge in [-0.25, -0.2) is 9.59 Å². The number of carbonyl (C=O) groups is 2. The Morgan fingerprint density at radius 3 is 2.82 bits per heavy atom. The molecule has 1 N–H and O–H groups in total. The van der Waals surface area contributed by atoms with Crippen molar-refractivity contribution < 1.29 is 19.4 Å². The highest BCUT2D eigenvalue weighted by Gasteiger charge is 2.33. The molecule has 1 fully saturated rings. The minimum Gasteiger partial charge on any atom is -0.480 e. The lowest BCUT2D eigenvalue weighted by molar-refractivity contribution is -0.147. The quantitative estimate of drug-likeness (QED) is 0.787. The predicted octanol–water partition coefficient (Wildman–Crippen LogP) is 0.624. The average Bonchev–Trinajstić information content (AvgIpc) is 2.34. The van der Waals surface area contributed by atoms with Crippen molar-refractivity contribution in [3.63, 3.8) is 0 Å². The van der Waals surface area contributed by atoms with Gasteiger partial charge in [0.05, 0.1) is 13.2 Å². The number of morpholine rings is 1. The summed E-state index contributed by atoms with van der Waals surface area (Å²) < 4.78 is 5.09. The molecule has 1 aliphatic rings. The number of amides is 2. The van der Waals surface area contributed by atoms with Gasteiger partial charge >= 0.3 is 12.0 Å². The van der Waals surface area contributed by atoms with Crippen LogP contribution in [0, 0.1) is 0 Å². The predicted molar refractivity (Wildman–Crippen MR) is 61.9 cm³/mol. The minimum atomic E-state index is -1.01. The maximum absolute atomic E-state index is 12.1. The number of carboxylic acid groups (broad SMARTS) is 1. The summed E-state index contributed by atoms with van der Waals surface area (Å²) in [4.78, 5) is 26.0. The number of urea groups is 1. The van der Waals surface area contributed by atoms with Crippen LogP contribution in [0.5, 0.6) is 0 Å². The lowest BCUT2D eigenvalue weighted by Gasteiger charge is -2.35. The van der Waals surface area contributed by atoms with Gasteiger partial charge in [-0.2, -0.15) is 0 Å². The van der Waals surface area contributed by atoms with Crippen LogP contribution < -0.4 is 0 Å². The van der Waals surface area contributed by atoms with Gasteiger partial charge in [0.25, 0.3) is 0 Å². The Labute approximate surface area is 101 Å². The van der Waals surface area contributed by atoms with Crippen LogP contribution in [0.3, 0.4) is 0 Å². The summed E-state index contributed by atoms with van der Waals surface area (Å²) in [6.45, 7) is 3.51. The third-order valence-electron chi connectivity index (χ3n) is 2.83. The van der Waals surface area contributed by atoms with Gasteiger partial charge in [-0.15, -0.1) is 0 Å². The Hall–Kier alpha value is -1.30. The molecular weight excluding hydrogens is 224 g/mol. The van der Waals surface area contributed by atoms with Gasteiger partial charge in [0, 0.05) is 20.1 Å². The lowest BCUT2D eigenvalue weighted by Crippen LogP contribution is -2.56. The molecule has 0 aromatic carbocycles. The summed E-state index contributed by atoms with van der Waals surface area (Å²) >= 11 is 0. The van der Waals surface area contributed by atoms with Crippen LogP contribution >= 0.6 is 0 Å². The van der Waals surface area contributed by atoms with Gasteiger partial charge in [0.1, 0.15) is 0 Å². The Morgan fingerprint density at radius 1 is 1.53 bits per heavy atom. The number of aliphatic carboxylic acids is 1. The zero-order chi connectivity index (χ0) is 12.8. The highest BCUT2D eigenvalue weighted by atomic mass is 16.5. The summed E-state index contributed by atoms with van der Waals surface area (Å²) in [5, 5.41) is 9.02. The molecule has 1 unspecified atom stereocenters. The maximum Gasteiger partial charge on any atom is 0.328 e. The van der Waals surface area contributed by atoms with Crippen LogP contribution in [0.4, 0.5) is 4.79 Å². The monoisotopic (exact) mass is 244 g/mol. The number of unbranched alkanes of at least 4 members (excludes halogenated alkanes) is 1. The fourth-order valence-corrected chi connectivity index (χ4v) is 1.75. The smallest absolute Gasteiger partial charge is 0.328 e. The fraction of sp³-hybridized carbons (Fsp3) is 0.818. The van der Waals surface area contributed by atoms with Gasteiger partial charge in [-0.3, -0.25) is 0 Å². The Bertz CT molecular complexity index is 283. The molecule has 1 aliphatic heterocycles. The standard InChI is InChI=1S/C11H20N2O4/c1-3-4-5-12(2)11(16)13-6-7-17-8-9(13)10(14)15/h9H,3-8H2,1-2H3,(H,14,15). The van der Waals surface area contributed by atoms with Crippen molar-refractivity contribution in [1.82, 2.24) is 9.80 Å². The van der Waals surface area contributed by atoms with E-state index < -0.39 is 12.0 Å². The highest BCUT2D eigenvalue weighted by molar-refractivity contribution is 5.82. The summed E-state index contributed by atoms with van der Waals surface area (Å²) in [5.41, 5.74) is 0. The van der Waals surface area contributed by atoms with E-state index in [1.807, 2.05) is 6.92 Å². The molecule has 2 amide bonds. The van der Waals surface area contributed by atoms with Crippen LogP contribution in [0.2, 0.25) is 0 Å². The van der Waals surface area contributed by atoms with Crippen LogP contribution in [0.25, 0.3) is 0 Å². The first-order valence-electron chi connectivity index (χ1n) is 5.90.